The Morgan fingerprint density at radius 2 is 2.24 bits per heavy atom. The van der Waals surface area contributed by atoms with Gasteiger partial charge in [0.2, 0.25) is 0 Å². The lowest BCUT2D eigenvalue weighted by Crippen LogP contribution is -2.06. The van der Waals surface area contributed by atoms with Crippen molar-refractivity contribution in [2.45, 2.75) is 20.3 Å². The number of anilines is 1. The standard InChI is InChI=1S/C13H16FNO2/c1-3-10(13(16)17)7-8-15-12-6-4-5-11(14)9(12)2/h4-7,15H,3,8H2,1-2H3,(H,16,17)/b10-7-. The molecule has 0 amide bonds. The zero-order valence-electron chi connectivity index (χ0n) is 9.96. The van der Waals surface area contributed by atoms with Crippen molar-refractivity contribution >= 4 is 11.7 Å². The second-order valence-corrected chi connectivity index (χ2v) is 3.68. The number of rotatable bonds is 5. The molecule has 1 aromatic carbocycles. The highest BCUT2D eigenvalue weighted by Crippen LogP contribution is 2.17. The summed E-state index contributed by atoms with van der Waals surface area (Å²) < 4.78 is 13.2. The number of halogens is 1. The maximum Gasteiger partial charge on any atom is 0.331 e. The van der Waals surface area contributed by atoms with E-state index in [1.807, 2.05) is 0 Å². The van der Waals surface area contributed by atoms with Crippen molar-refractivity contribution in [3.8, 4) is 0 Å². The smallest absolute Gasteiger partial charge is 0.331 e. The molecule has 0 heterocycles. The first-order valence-corrected chi connectivity index (χ1v) is 5.47. The van der Waals surface area contributed by atoms with Gasteiger partial charge in [-0.05, 0) is 25.5 Å². The summed E-state index contributed by atoms with van der Waals surface area (Å²) in [5, 5.41) is 11.8. The first kappa shape index (κ1) is 13.2. The van der Waals surface area contributed by atoms with Crippen LogP contribution in [-0.4, -0.2) is 17.6 Å². The number of carbonyl (C=O) groups is 1. The van der Waals surface area contributed by atoms with Crippen LogP contribution in [0.1, 0.15) is 18.9 Å². The van der Waals surface area contributed by atoms with Crippen LogP contribution in [0, 0.1) is 12.7 Å². The van der Waals surface area contributed by atoms with Crippen LogP contribution in [0.5, 0.6) is 0 Å². The van der Waals surface area contributed by atoms with Crippen molar-refractivity contribution < 1.29 is 14.3 Å². The van der Waals surface area contributed by atoms with Crippen molar-refractivity contribution in [1.82, 2.24) is 0 Å². The van der Waals surface area contributed by atoms with Crippen molar-refractivity contribution in [2.75, 3.05) is 11.9 Å². The minimum atomic E-state index is -0.912. The highest BCUT2D eigenvalue weighted by Gasteiger charge is 2.04. The van der Waals surface area contributed by atoms with E-state index in [0.717, 1.165) is 0 Å². The summed E-state index contributed by atoms with van der Waals surface area (Å²) in [6.07, 6.45) is 2.08. The lowest BCUT2D eigenvalue weighted by Gasteiger charge is -2.08. The van der Waals surface area contributed by atoms with E-state index in [9.17, 15) is 9.18 Å². The SMILES string of the molecule is CC/C(=C/CNc1cccc(F)c1C)C(=O)O. The van der Waals surface area contributed by atoms with Gasteiger partial charge in [0, 0.05) is 23.4 Å². The summed E-state index contributed by atoms with van der Waals surface area (Å²) in [6.45, 7) is 3.84. The van der Waals surface area contributed by atoms with Crippen LogP contribution in [0.2, 0.25) is 0 Å². The van der Waals surface area contributed by atoms with Gasteiger partial charge in [-0.25, -0.2) is 9.18 Å². The summed E-state index contributed by atoms with van der Waals surface area (Å²) in [7, 11) is 0. The van der Waals surface area contributed by atoms with Gasteiger partial charge in [0.15, 0.2) is 0 Å². The van der Waals surface area contributed by atoms with Crippen LogP contribution in [0.15, 0.2) is 29.8 Å². The number of nitrogens with one attached hydrogen (secondary N) is 1. The van der Waals surface area contributed by atoms with E-state index in [4.69, 9.17) is 5.11 Å². The van der Waals surface area contributed by atoms with E-state index in [1.54, 1.807) is 32.1 Å². The molecule has 0 aliphatic rings. The first-order chi connectivity index (χ1) is 8.06. The molecular weight excluding hydrogens is 221 g/mol. The van der Waals surface area contributed by atoms with Gasteiger partial charge in [0.25, 0.3) is 0 Å². The summed E-state index contributed by atoms with van der Waals surface area (Å²) in [5.41, 5.74) is 1.57. The van der Waals surface area contributed by atoms with E-state index in [1.165, 1.54) is 6.07 Å². The monoisotopic (exact) mass is 237 g/mol. The van der Waals surface area contributed by atoms with Gasteiger partial charge in [0.1, 0.15) is 5.82 Å². The number of carboxylic acid groups (broad SMARTS) is 1. The van der Waals surface area contributed by atoms with E-state index in [2.05, 4.69) is 5.32 Å². The molecule has 17 heavy (non-hydrogen) atoms. The average Bonchev–Trinajstić information content (AvgIpc) is 2.29. The topological polar surface area (TPSA) is 49.3 Å². The van der Waals surface area contributed by atoms with Crippen molar-refractivity contribution in [3.63, 3.8) is 0 Å². The van der Waals surface area contributed by atoms with Gasteiger partial charge in [-0.1, -0.05) is 19.1 Å². The molecule has 3 nitrogen and oxygen atoms in total. The Labute approximate surface area is 100.0 Å². The van der Waals surface area contributed by atoms with Gasteiger partial charge in [-0.2, -0.15) is 0 Å². The minimum Gasteiger partial charge on any atom is -0.478 e. The fraction of sp³-hybridized carbons (Fsp3) is 0.308. The summed E-state index contributed by atoms with van der Waals surface area (Å²) >= 11 is 0. The Kier molecular flexibility index (Phi) is 4.69. The molecule has 1 aromatic rings. The maximum atomic E-state index is 13.2. The van der Waals surface area contributed by atoms with Gasteiger partial charge in [0.05, 0.1) is 0 Å². The van der Waals surface area contributed by atoms with Crippen LogP contribution in [0.3, 0.4) is 0 Å². The molecule has 0 fully saturated rings. The summed E-state index contributed by atoms with van der Waals surface area (Å²) in [5.74, 6) is -1.18. The molecule has 0 bridgehead atoms. The molecule has 0 aromatic heterocycles. The van der Waals surface area contributed by atoms with Gasteiger partial charge in [-0.15, -0.1) is 0 Å². The van der Waals surface area contributed by atoms with Crippen molar-refractivity contribution in [1.29, 1.82) is 0 Å². The third-order valence-electron chi connectivity index (χ3n) is 2.56. The number of hydrogen-bond acceptors (Lipinski definition) is 2. The summed E-state index contributed by atoms with van der Waals surface area (Å²) in [4.78, 5) is 10.7. The second kappa shape index (κ2) is 6.03. The fourth-order valence-electron chi connectivity index (χ4n) is 1.47. The Morgan fingerprint density at radius 3 is 2.82 bits per heavy atom. The Balaban J connectivity index is 2.68. The normalized spacial score (nSPS) is 11.4. The van der Waals surface area contributed by atoms with Crippen LogP contribution in [-0.2, 0) is 4.79 Å². The predicted molar refractivity (Wildman–Crippen MR) is 65.6 cm³/mol. The van der Waals surface area contributed by atoms with Crippen LogP contribution >= 0.6 is 0 Å². The fourth-order valence-corrected chi connectivity index (χ4v) is 1.47. The van der Waals surface area contributed by atoms with Crippen LogP contribution < -0.4 is 5.32 Å². The third-order valence-corrected chi connectivity index (χ3v) is 2.56. The molecule has 1 rings (SSSR count). The number of benzene rings is 1. The van der Waals surface area contributed by atoms with Gasteiger partial charge < -0.3 is 10.4 Å². The third kappa shape index (κ3) is 3.59. The quantitative estimate of drug-likeness (QED) is 0.774. The number of carboxylic acids is 1. The van der Waals surface area contributed by atoms with Crippen LogP contribution in [0.4, 0.5) is 10.1 Å². The number of hydrogen-bond donors (Lipinski definition) is 2. The molecule has 0 radical (unpaired) electrons. The van der Waals surface area contributed by atoms with E-state index in [-0.39, 0.29) is 5.82 Å². The number of aliphatic carboxylic acids is 1. The lowest BCUT2D eigenvalue weighted by atomic mass is 10.1. The van der Waals surface area contributed by atoms with E-state index in [0.29, 0.717) is 29.8 Å². The zero-order valence-corrected chi connectivity index (χ0v) is 9.96. The van der Waals surface area contributed by atoms with Gasteiger partial charge >= 0.3 is 5.97 Å². The second-order valence-electron chi connectivity index (χ2n) is 3.68. The molecule has 0 saturated carbocycles. The van der Waals surface area contributed by atoms with Crippen molar-refractivity contribution in [2.24, 2.45) is 0 Å². The van der Waals surface area contributed by atoms with Gasteiger partial charge in [-0.3, -0.25) is 0 Å². The molecule has 0 atom stereocenters. The molecule has 0 aliphatic heterocycles. The lowest BCUT2D eigenvalue weighted by molar-refractivity contribution is -0.132. The molecule has 0 unspecified atom stereocenters. The zero-order chi connectivity index (χ0) is 12.8. The minimum absolute atomic E-state index is 0.270. The van der Waals surface area contributed by atoms with E-state index < -0.39 is 5.97 Å². The first-order valence-electron chi connectivity index (χ1n) is 5.47. The summed E-state index contributed by atoms with van der Waals surface area (Å²) in [6, 6.07) is 4.77. The largest absolute Gasteiger partial charge is 0.478 e. The molecule has 0 spiro atoms. The molecule has 4 heteroatoms. The predicted octanol–water partition coefficient (Wildman–Crippen LogP) is 2.97. The average molecular weight is 237 g/mol. The molecular formula is C13H16FNO2. The van der Waals surface area contributed by atoms with E-state index >= 15 is 0 Å². The Hall–Kier alpha value is -1.84. The Bertz CT molecular complexity index is 441. The molecule has 0 aliphatic carbocycles. The molecule has 0 saturated heterocycles. The van der Waals surface area contributed by atoms with Crippen molar-refractivity contribution in [3.05, 3.63) is 41.2 Å². The highest BCUT2D eigenvalue weighted by atomic mass is 19.1. The maximum absolute atomic E-state index is 13.2. The highest BCUT2D eigenvalue weighted by molar-refractivity contribution is 5.86. The molecule has 92 valence electrons. The molecule has 2 N–H and O–H groups in total. The van der Waals surface area contributed by atoms with Crippen LogP contribution in [0.25, 0.3) is 0 Å². The Morgan fingerprint density at radius 1 is 1.53 bits per heavy atom.